The van der Waals surface area contributed by atoms with Crippen molar-refractivity contribution in [1.82, 2.24) is 21.3 Å². The Morgan fingerprint density at radius 2 is 0.714 bits per heavy atom. The van der Waals surface area contributed by atoms with Gasteiger partial charge in [-0.1, -0.05) is 0 Å². The Balaban J connectivity index is 0.000000631. The number of carbonyl (C=O) groups is 7. The van der Waals surface area contributed by atoms with Crippen LogP contribution < -0.4 is 84.1 Å². The minimum Gasteiger partial charge on any atom is -0.870 e. The molecule has 6 aliphatic rings. The molecule has 0 aliphatic carbocycles. The number of hydrogen-bond donors (Lipinski definition) is 6. The van der Waals surface area contributed by atoms with E-state index < -0.39 is 110 Å². The quantitative estimate of drug-likeness (QED) is 0.0751. The molecule has 12 atom stereocenters. The van der Waals surface area contributed by atoms with Crippen LogP contribution in [0, 0.1) is 0 Å². The molecule has 56 heavy (non-hydrogen) atoms. The van der Waals surface area contributed by atoms with Gasteiger partial charge in [-0.2, -0.15) is 0 Å². The summed E-state index contributed by atoms with van der Waals surface area (Å²) in [5, 5.41) is 9.44. The summed E-state index contributed by atoms with van der Waals surface area (Å²) in [6, 6.07) is 0. The van der Waals surface area contributed by atoms with Crippen molar-refractivity contribution in [3.05, 3.63) is 0 Å². The van der Waals surface area contributed by atoms with Crippen molar-refractivity contribution in [2.45, 2.75) is 73.2 Å². The molecule has 314 valence electrons. The molecule has 0 aromatic carbocycles. The van der Waals surface area contributed by atoms with Crippen LogP contribution in [0.3, 0.4) is 0 Å². The summed E-state index contributed by atoms with van der Waals surface area (Å²) < 4.78 is 63.4. The first-order chi connectivity index (χ1) is 25.5. The minimum absolute atomic E-state index is 0. The van der Waals surface area contributed by atoms with E-state index in [9.17, 15) is 28.8 Å². The number of nitrogens with two attached hydrogens (primary N) is 2. The molecule has 28 heteroatoms. The van der Waals surface area contributed by atoms with Gasteiger partial charge >= 0.3 is 87.9 Å². The van der Waals surface area contributed by atoms with Crippen LogP contribution >= 0.6 is 0 Å². The Morgan fingerprint density at radius 3 is 0.929 bits per heavy atom. The Labute approximate surface area is 360 Å². The zero-order valence-corrected chi connectivity index (χ0v) is 33.6. The fraction of sp³-hybridized carbons (Fsp3) is 0.750. The molecule has 6 amide bonds. The molecular weight excluding hydrogens is 795 g/mol. The van der Waals surface area contributed by atoms with Crippen LogP contribution in [0.1, 0.15) is 0 Å². The molecule has 27 nitrogen and oxygen atoms in total. The maximum atomic E-state index is 12.1. The number of primary amides is 2. The monoisotopic (exact) mass is 840 g/mol. The van der Waals surface area contributed by atoms with E-state index >= 15 is 0 Å². The van der Waals surface area contributed by atoms with Gasteiger partial charge < -0.3 is 105 Å². The Morgan fingerprint density at radius 1 is 0.500 bits per heavy atom. The fourth-order valence-corrected chi connectivity index (χ4v) is 6.13. The molecule has 1 unspecified atom stereocenters. The van der Waals surface area contributed by atoms with Crippen LogP contribution in [0.5, 0.6) is 0 Å². The van der Waals surface area contributed by atoms with Gasteiger partial charge in [0, 0.05) is 14.1 Å². The van der Waals surface area contributed by atoms with Crippen molar-refractivity contribution in [3.63, 3.8) is 0 Å². The van der Waals surface area contributed by atoms with Crippen molar-refractivity contribution in [1.29, 1.82) is 0 Å². The van der Waals surface area contributed by atoms with E-state index in [2.05, 4.69) is 21.3 Å². The van der Waals surface area contributed by atoms with Crippen LogP contribution in [-0.2, 0) is 61.6 Å². The molecule has 0 saturated carbocycles. The molecule has 6 fully saturated rings. The number of nitrogens with one attached hydrogen (secondary N) is 4. The number of hydrogen-bond acceptors (Lipinski definition) is 20. The van der Waals surface area contributed by atoms with Crippen LogP contribution in [-0.4, -0.2) is 188 Å². The topological polar surface area (TPSA) is 392 Å². The third kappa shape index (κ3) is 13.3. The summed E-state index contributed by atoms with van der Waals surface area (Å²) in [4.78, 5) is 76.2. The van der Waals surface area contributed by atoms with Crippen molar-refractivity contribution < 1.29 is 153 Å². The molecule has 0 bridgehead atoms. The summed E-state index contributed by atoms with van der Waals surface area (Å²) in [7, 11) is 2.87. The molecule has 11 N–H and O–H groups in total. The molecule has 6 aliphatic heterocycles. The summed E-state index contributed by atoms with van der Waals surface area (Å²) in [5.41, 5.74) is 9.79. The molecule has 0 aromatic rings. The van der Waals surface area contributed by atoms with Crippen molar-refractivity contribution in [2.24, 2.45) is 11.5 Å². The Kier molecular flexibility index (Phi) is 22.1. The number of fused-ring (bicyclic) bond motifs is 3. The van der Waals surface area contributed by atoms with Crippen LogP contribution in [0.25, 0.3) is 0 Å². The average molecular weight is 841 g/mol. The third-order valence-corrected chi connectivity index (χ3v) is 8.33. The molecule has 6 rings (SSSR count). The first kappa shape index (κ1) is 50.6. The second-order valence-corrected chi connectivity index (χ2v) is 11.5. The summed E-state index contributed by atoms with van der Waals surface area (Å²) >= 11 is 0. The molecule has 6 heterocycles. The van der Waals surface area contributed by atoms with Gasteiger partial charge in [0.2, 0.25) is 0 Å². The Hall–Kier alpha value is -3.39. The van der Waals surface area contributed by atoms with E-state index in [0.717, 1.165) is 0 Å². The Bertz CT molecular complexity index is 1230. The molecular formula is C28H45KN6O21. The summed E-state index contributed by atoms with van der Waals surface area (Å²) in [6.07, 6.45) is -11.6. The fourth-order valence-electron chi connectivity index (χ4n) is 6.13. The zero-order valence-electron chi connectivity index (χ0n) is 30.4. The molecule has 6 saturated heterocycles. The van der Waals surface area contributed by atoms with Gasteiger partial charge in [-0.3, -0.25) is 0 Å². The van der Waals surface area contributed by atoms with Gasteiger partial charge in [-0.15, -0.1) is 0 Å². The van der Waals surface area contributed by atoms with E-state index in [0.29, 0.717) is 0 Å². The molecule has 0 aromatic heterocycles. The summed E-state index contributed by atoms with van der Waals surface area (Å²) in [6.45, 7) is 2.43. The van der Waals surface area contributed by atoms with Gasteiger partial charge in [0.1, 0.15) is 43.4 Å². The largest absolute Gasteiger partial charge is 1.00 e. The van der Waals surface area contributed by atoms with E-state index in [4.69, 9.17) is 73.1 Å². The van der Waals surface area contributed by atoms with Crippen LogP contribution in [0.15, 0.2) is 0 Å². The van der Waals surface area contributed by atoms with Gasteiger partial charge in [0.25, 0.3) is 0 Å². The molecule has 0 spiro atoms. The SMILES string of the molecule is C=O.CNC(=O)O[C@H]1CO[C@H]2[C@@H]1OC[C@H]2OC(=O)NCNC(=O)OC1CO[C@H]2[C@@H]1OC[C@H]2OC(=O)NC.NC(=O)O[C@H]1CO[C@H]2[C@@H]1OC[C@H]2OC(N)=O.O.[K+].[OH-]. The summed E-state index contributed by atoms with van der Waals surface area (Å²) in [5.74, 6) is 0. The van der Waals surface area contributed by atoms with E-state index in [1.807, 2.05) is 6.79 Å². The zero-order chi connectivity index (χ0) is 38.7. The standard InChI is InChI=1S/C19H28N4O12.C8H12N2O6.CH2O.K.2H2O/c1-20-16(24)32-8-3-28-14-10(5-30-12(8)14)34-18(26)22-7-23-19(27)35-11-6-31-13-9(4-29-15(11)13)33-17(25)21-2;9-7(11)15-3-1-13-6-4(16-8(10)12)2-14-5(3)6;1-2;;;/h8-15H,3-7H2,1-2H3,(H,20,24)(H,21,25)(H,22,26)(H,23,27);3-6H,1-2H2,(H2,9,11)(H2,10,12);1H2;;2*1H2/q;;;+1;;/p-1/t8-,9+,10+,11?,12+,13+,14+,15+;3-,4+,5-,6-;;;;/m01..../s1. The smallest absolute Gasteiger partial charge is 0.870 e. The third-order valence-electron chi connectivity index (χ3n) is 8.33. The van der Waals surface area contributed by atoms with Crippen molar-refractivity contribution in [2.75, 3.05) is 60.4 Å². The number of alkyl carbamates (subject to hydrolysis) is 4. The normalized spacial score (nSPS) is 32.3. The second-order valence-electron chi connectivity index (χ2n) is 11.5. The average Bonchev–Trinajstić information content (AvgIpc) is 3.98. The van der Waals surface area contributed by atoms with Gasteiger partial charge in [0.15, 0.2) is 36.6 Å². The number of carbonyl (C=O) groups excluding carboxylic acids is 7. The second kappa shape index (κ2) is 24.4. The van der Waals surface area contributed by atoms with Crippen molar-refractivity contribution >= 4 is 43.3 Å². The van der Waals surface area contributed by atoms with E-state index in [-0.39, 0.29) is 109 Å². The maximum Gasteiger partial charge on any atom is 1.00 e. The van der Waals surface area contributed by atoms with Gasteiger partial charge in [0.05, 0.1) is 46.3 Å². The van der Waals surface area contributed by atoms with Crippen LogP contribution in [0.4, 0.5) is 28.8 Å². The van der Waals surface area contributed by atoms with E-state index in [1.54, 1.807) is 0 Å². The van der Waals surface area contributed by atoms with E-state index in [1.165, 1.54) is 14.1 Å². The van der Waals surface area contributed by atoms with Gasteiger partial charge in [-0.05, 0) is 0 Å². The van der Waals surface area contributed by atoms with Crippen LogP contribution in [0.2, 0.25) is 0 Å². The minimum atomic E-state index is -0.892. The first-order valence-corrected chi connectivity index (χ1v) is 16.0. The number of ether oxygens (including phenoxy) is 12. The number of rotatable bonds is 8. The predicted molar refractivity (Wildman–Crippen MR) is 170 cm³/mol. The molecule has 0 radical (unpaired) electrons. The first-order valence-electron chi connectivity index (χ1n) is 16.0. The van der Waals surface area contributed by atoms with Crippen molar-refractivity contribution in [3.8, 4) is 0 Å². The predicted octanol–water partition coefficient (Wildman–Crippen LogP) is -7.29. The number of amides is 6. The van der Waals surface area contributed by atoms with Gasteiger partial charge in [-0.25, -0.2) is 28.8 Å². The maximum absolute atomic E-state index is 12.1.